The van der Waals surface area contributed by atoms with E-state index in [-0.39, 0.29) is 34.5 Å². The summed E-state index contributed by atoms with van der Waals surface area (Å²) in [5, 5.41) is 50.8. The number of hydrogen-bond donors (Lipinski definition) is 6. The van der Waals surface area contributed by atoms with Gasteiger partial charge < -0.3 is 21.7 Å². The lowest BCUT2D eigenvalue weighted by Gasteiger charge is -2.03. The van der Waals surface area contributed by atoms with Crippen molar-refractivity contribution < 1.29 is 10.2 Å². The summed E-state index contributed by atoms with van der Waals surface area (Å²) < 4.78 is 0. The van der Waals surface area contributed by atoms with Crippen molar-refractivity contribution in [2.75, 3.05) is 0 Å². The van der Waals surface area contributed by atoms with Gasteiger partial charge in [0.2, 0.25) is 0 Å². The van der Waals surface area contributed by atoms with Gasteiger partial charge in [-0.3, -0.25) is 10.8 Å². The molecule has 0 bridgehead atoms. The van der Waals surface area contributed by atoms with Gasteiger partial charge in [0, 0.05) is 23.3 Å². The first kappa shape index (κ1) is 20.1. The lowest BCUT2D eigenvalue weighted by atomic mass is 10.2. The Morgan fingerprint density at radius 3 is 1.30 bits per heavy atom. The van der Waals surface area contributed by atoms with Crippen LogP contribution in [0.2, 0.25) is 0 Å². The molecular weight excluding hydrogens is 384 g/mol. The molecule has 0 saturated heterocycles. The van der Waals surface area contributed by atoms with Gasteiger partial charge in [-0.05, 0) is 48.5 Å². The zero-order chi connectivity index (χ0) is 21.7. The van der Waals surface area contributed by atoms with E-state index in [1.54, 1.807) is 48.5 Å². The molecule has 0 amide bonds. The van der Waals surface area contributed by atoms with Crippen molar-refractivity contribution in [1.82, 2.24) is 0 Å². The molecule has 8 N–H and O–H groups in total. The van der Waals surface area contributed by atoms with Gasteiger partial charge in [-0.1, -0.05) is 0 Å². The smallest absolute Gasteiger partial charge is 0.146 e. The maximum Gasteiger partial charge on any atom is 0.146 e. The minimum atomic E-state index is -0.277. The molecule has 0 saturated carbocycles. The van der Waals surface area contributed by atoms with Crippen LogP contribution in [0, 0.1) is 10.8 Å². The monoisotopic (exact) mass is 402 g/mol. The highest BCUT2D eigenvalue weighted by Gasteiger charge is 2.09. The molecule has 0 aliphatic rings. The summed E-state index contributed by atoms with van der Waals surface area (Å²) in [6, 6.07) is 15.5. The zero-order valence-corrected chi connectivity index (χ0v) is 15.6. The number of azo groups is 2. The number of aromatic hydroxyl groups is 2. The second-order valence-corrected chi connectivity index (χ2v) is 6.15. The molecule has 3 aromatic carbocycles. The van der Waals surface area contributed by atoms with E-state index in [0.717, 1.165) is 6.07 Å². The number of hydrogen-bond acceptors (Lipinski definition) is 8. The predicted molar refractivity (Wildman–Crippen MR) is 113 cm³/mol. The summed E-state index contributed by atoms with van der Waals surface area (Å²) in [6.45, 7) is 0. The van der Waals surface area contributed by atoms with E-state index < -0.39 is 0 Å². The number of amidine groups is 2. The average molecular weight is 402 g/mol. The van der Waals surface area contributed by atoms with Crippen LogP contribution < -0.4 is 11.5 Å². The topological polar surface area (TPSA) is 190 Å². The molecule has 150 valence electrons. The van der Waals surface area contributed by atoms with Crippen LogP contribution in [0.5, 0.6) is 11.5 Å². The fourth-order valence-corrected chi connectivity index (χ4v) is 2.35. The summed E-state index contributed by atoms with van der Waals surface area (Å²) in [5.41, 5.74) is 13.1. The SMILES string of the molecule is N=C(N)c1ccc(N=Nc2cc(N=Nc3ccc(C(=N)N)cc3)c(O)cc2O)cc1. The molecule has 0 aromatic heterocycles. The maximum absolute atomic E-state index is 10.0. The number of nitrogens with two attached hydrogens (primary N) is 2. The van der Waals surface area contributed by atoms with Gasteiger partial charge in [-0.2, -0.15) is 10.2 Å². The summed E-state index contributed by atoms with van der Waals surface area (Å²) in [6.07, 6.45) is 0. The molecular formula is C20H18N8O2. The Kier molecular flexibility index (Phi) is 5.78. The fraction of sp³-hybridized carbons (Fsp3) is 0. The van der Waals surface area contributed by atoms with Crippen molar-refractivity contribution in [3.05, 3.63) is 71.8 Å². The van der Waals surface area contributed by atoms with Crippen LogP contribution in [0.3, 0.4) is 0 Å². The Balaban J connectivity index is 1.82. The molecule has 3 aromatic rings. The lowest BCUT2D eigenvalue weighted by molar-refractivity contribution is 0.452. The quantitative estimate of drug-likeness (QED) is 0.201. The summed E-state index contributed by atoms with van der Waals surface area (Å²) in [4.78, 5) is 0. The van der Waals surface area contributed by atoms with E-state index in [1.807, 2.05) is 0 Å². The van der Waals surface area contributed by atoms with Gasteiger partial charge in [0.15, 0.2) is 0 Å². The Hall–Kier alpha value is -4.60. The molecule has 0 fully saturated rings. The number of rotatable bonds is 6. The van der Waals surface area contributed by atoms with E-state index >= 15 is 0 Å². The van der Waals surface area contributed by atoms with Crippen LogP contribution in [0.25, 0.3) is 0 Å². The van der Waals surface area contributed by atoms with Crippen LogP contribution in [0.1, 0.15) is 11.1 Å². The first-order chi connectivity index (χ1) is 14.3. The van der Waals surface area contributed by atoms with Crippen molar-refractivity contribution in [2.45, 2.75) is 0 Å². The van der Waals surface area contributed by atoms with Crippen molar-refractivity contribution in [3.63, 3.8) is 0 Å². The van der Waals surface area contributed by atoms with Crippen LogP contribution in [0.4, 0.5) is 22.7 Å². The van der Waals surface area contributed by atoms with Gasteiger partial charge in [0.05, 0.1) is 11.4 Å². The van der Waals surface area contributed by atoms with Crippen LogP contribution >= 0.6 is 0 Å². The molecule has 0 atom stereocenters. The van der Waals surface area contributed by atoms with Crippen LogP contribution in [-0.2, 0) is 0 Å². The fourth-order valence-electron chi connectivity index (χ4n) is 2.35. The minimum absolute atomic E-state index is 0.0550. The van der Waals surface area contributed by atoms with Crippen LogP contribution in [-0.4, -0.2) is 21.9 Å². The van der Waals surface area contributed by atoms with Gasteiger partial charge in [0.1, 0.15) is 34.5 Å². The zero-order valence-electron chi connectivity index (χ0n) is 15.6. The highest BCUT2D eigenvalue weighted by molar-refractivity contribution is 5.95. The predicted octanol–water partition coefficient (Wildman–Crippen LogP) is 4.50. The molecule has 0 spiro atoms. The Bertz CT molecular complexity index is 1060. The largest absolute Gasteiger partial charge is 0.505 e. The van der Waals surface area contributed by atoms with E-state index in [0.29, 0.717) is 22.5 Å². The number of nitrogens with one attached hydrogen (secondary N) is 2. The number of phenols is 2. The van der Waals surface area contributed by atoms with E-state index in [4.69, 9.17) is 22.3 Å². The Morgan fingerprint density at radius 2 is 0.967 bits per heavy atom. The molecule has 0 aliphatic heterocycles. The van der Waals surface area contributed by atoms with E-state index in [2.05, 4.69) is 20.5 Å². The maximum atomic E-state index is 10.0. The van der Waals surface area contributed by atoms with E-state index in [9.17, 15) is 10.2 Å². The van der Waals surface area contributed by atoms with Crippen molar-refractivity contribution in [3.8, 4) is 11.5 Å². The number of phenolic OH excluding ortho intramolecular Hbond substituents is 2. The summed E-state index contributed by atoms with van der Waals surface area (Å²) >= 11 is 0. The molecule has 10 heteroatoms. The van der Waals surface area contributed by atoms with Gasteiger partial charge in [0.25, 0.3) is 0 Å². The third-order valence-electron chi connectivity index (χ3n) is 3.97. The summed E-state index contributed by atoms with van der Waals surface area (Å²) in [5.74, 6) is -0.663. The van der Waals surface area contributed by atoms with Crippen molar-refractivity contribution >= 4 is 34.4 Å². The van der Waals surface area contributed by atoms with Gasteiger partial charge >= 0.3 is 0 Å². The lowest BCUT2D eigenvalue weighted by Crippen LogP contribution is -2.10. The van der Waals surface area contributed by atoms with Crippen molar-refractivity contribution in [2.24, 2.45) is 31.9 Å². The third-order valence-corrected chi connectivity index (χ3v) is 3.97. The number of nitrogen functional groups attached to an aromatic ring is 2. The van der Waals surface area contributed by atoms with Crippen molar-refractivity contribution in [1.29, 1.82) is 10.8 Å². The number of benzene rings is 3. The second kappa shape index (κ2) is 8.61. The van der Waals surface area contributed by atoms with E-state index in [1.165, 1.54) is 6.07 Å². The number of nitrogens with zero attached hydrogens (tertiary/aromatic N) is 4. The minimum Gasteiger partial charge on any atom is -0.505 e. The molecule has 10 nitrogen and oxygen atoms in total. The van der Waals surface area contributed by atoms with Gasteiger partial charge in [-0.15, -0.1) is 10.2 Å². The average Bonchev–Trinajstić information content (AvgIpc) is 2.73. The third kappa shape index (κ3) is 4.81. The standard InChI is InChI=1S/C20H18N8O2/c21-19(22)11-1-5-13(6-2-11)25-27-15-9-16(18(30)10-17(15)29)28-26-14-7-3-12(4-8-14)20(23)24/h1-10,29-30H,(H3,21,22)(H3,23,24). The summed E-state index contributed by atoms with van der Waals surface area (Å²) in [7, 11) is 0. The van der Waals surface area contributed by atoms with Gasteiger partial charge in [-0.25, -0.2) is 0 Å². The molecule has 0 radical (unpaired) electrons. The highest BCUT2D eigenvalue weighted by Crippen LogP contribution is 2.39. The molecule has 0 unspecified atom stereocenters. The first-order valence-corrected chi connectivity index (χ1v) is 8.62. The molecule has 3 rings (SSSR count). The Morgan fingerprint density at radius 1 is 0.600 bits per heavy atom. The second-order valence-electron chi connectivity index (χ2n) is 6.15. The normalized spacial score (nSPS) is 11.2. The molecule has 0 aliphatic carbocycles. The highest BCUT2D eigenvalue weighted by atomic mass is 16.3. The Labute approximate surface area is 171 Å². The molecule has 0 heterocycles. The first-order valence-electron chi connectivity index (χ1n) is 8.62. The molecule has 30 heavy (non-hydrogen) atoms. The van der Waals surface area contributed by atoms with Crippen LogP contribution in [0.15, 0.2) is 81.1 Å².